The smallest absolute Gasteiger partial charge is 0 e. The molecule has 2 nitrogen and oxygen atoms in total. The van der Waals surface area contributed by atoms with Crippen LogP contribution < -0.4 is 0 Å². The van der Waals surface area contributed by atoms with Gasteiger partial charge < -0.3 is 0 Å². The molecule has 0 aromatic rings. The minimum Gasteiger partial charge on any atom is 0 e. The molecule has 30 valence electrons. The third-order valence-corrected chi connectivity index (χ3v) is 0.474. The topological polar surface area (TPSA) is 47.6 Å². The molecule has 0 amide bonds. The largest absolute Gasteiger partial charge is 0 e. The van der Waals surface area contributed by atoms with Crippen molar-refractivity contribution in [1.82, 2.24) is 0 Å². The van der Waals surface area contributed by atoms with Gasteiger partial charge in [0.15, 0.2) is 0 Å². The summed E-state index contributed by atoms with van der Waals surface area (Å²) in [4.78, 5) is 3.44. The van der Waals surface area contributed by atoms with Crippen molar-refractivity contribution in [3.8, 4) is 9.94 Å². The molecule has 0 aliphatic carbocycles. The molecule has 0 heterocycles. The monoisotopic (exact) mass is 230 g/mol. The molecule has 0 bridgehead atoms. The first-order valence-corrected chi connectivity index (χ1v) is 2.57. The van der Waals surface area contributed by atoms with E-state index >= 15 is 0 Å². The van der Waals surface area contributed by atoms with E-state index < -0.39 is 15.0 Å². The van der Waals surface area contributed by atoms with Gasteiger partial charge >= 0.3 is 35.4 Å². The maximum Gasteiger partial charge on any atom is 0 e. The number of nitriles is 2. The molecular formula is C2MoN2Se. The van der Waals surface area contributed by atoms with Crippen LogP contribution in [-0.2, 0) is 21.1 Å². The van der Waals surface area contributed by atoms with E-state index in [1.165, 1.54) is 0 Å². The second-order valence-electron chi connectivity index (χ2n) is 0.285. The van der Waals surface area contributed by atoms with Crippen LogP contribution in [0, 0.1) is 20.5 Å². The molecule has 0 aromatic heterocycles. The van der Waals surface area contributed by atoms with E-state index in [1.54, 1.807) is 9.94 Å². The van der Waals surface area contributed by atoms with E-state index in [0.29, 0.717) is 0 Å². The van der Waals surface area contributed by atoms with Crippen LogP contribution in [0.4, 0.5) is 0 Å². The Labute approximate surface area is 56.6 Å². The van der Waals surface area contributed by atoms with Gasteiger partial charge in [0, 0.05) is 21.1 Å². The van der Waals surface area contributed by atoms with Crippen LogP contribution in [0.2, 0.25) is 0 Å². The molecule has 0 fully saturated rings. The van der Waals surface area contributed by atoms with Crippen LogP contribution in [0.5, 0.6) is 0 Å². The minimum absolute atomic E-state index is 0. The van der Waals surface area contributed by atoms with Gasteiger partial charge in [-0.25, -0.2) is 0 Å². The maximum absolute atomic E-state index is 7.62. The molecule has 4 heteroatoms. The molecule has 0 radical (unpaired) electrons. The zero-order valence-electron chi connectivity index (χ0n) is 2.71. The number of hydrogen-bond donors (Lipinski definition) is 0. The quantitative estimate of drug-likeness (QED) is 0.531. The van der Waals surface area contributed by atoms with Gasteiger partial charge in [0.1, 0.15) is 0 Å². The molecule has 0 aliphatic heterocycles. The summed E-state index contributed by atoms with van der Waals surface area (Å²) in [5, 5.41) is 15.2. The van der Waals surface area contributed by atoms with E-state index in [0.717, 1.165) is 0 Å². The fourth-order valence-electron chi connectivity index (χ4n) is 0.0204. The summed E-state index contributed by atoms with van der Waals surface area (Å²) >= 11 is -0.431. The average Bonchev–Trinajstić information content (AvgIpc) is 1.41. The SMILES string of the molecule is N#C[Se]C#N.[Mo]. The third kappa shape index (κ3) is 8.89. The van der Waals surface area contributed by atoms with Crippen molar-refractivity contribution in [1.29, 1.82) is 10.5 Å². The van der Waals surface area contributed by atoms with Crippen LogP contribution in [0.25, 0.3) is 0 Å². The molecule has 0 atom stereocenters. The predicted octanol–water partition coefficient (Wildman–Crippen LogP) is -0.350. The molecule has 0 aliphatic rings. The van der Waals surface area contributed by atoms with Crippen molar-refractivity contribution in [3.05, 3.63) is 0 Å². The minimum atomic E-state index is -0.431. The fraction of sp³-hybridized carbons (Fsp3) is 0. The second-order valence-corrected chi connectivity index (χ2v) is 1.48. The van der Waals surface area contributed by atoms with Crippen molar-refractivity contribution in [3.63, 3.8) is 0 Å². The van der Waals surface area contributed by atoms with E-state index in [1.807, 2.05) is 0 Å². The van der Waals surface area contributed by atoms with E-state index in [-0.39, 0.29) is 21.1 Å². The molecule has 0 N–H and O–H groups in total. The Morgan fingerprint density at radius 3 is 1.50 bits per heavy atom. The molecule has 6 heavy (non-hydrogen) atoms. The van der Waals surface area contributed by atoms with Crippen LogP contribution in [0.15, 0.2) is 0 Å². The van der Waals surface area contributed by atoms with Gasteiger partial charge in [0.05, 0.1) is 0 Å². The van der Waals surface area contributed by atoms with Crippen LogP contribution in [0.3, 0.4) is 0 Å². The van der Waals surface area contributed by atoms with Gasteiger partial charge in [-0.15, -0.1) is 0 Å². The number of nitrogens with zero attached hydrogens (tertiary/aromatic N) is 2. The van der Waals surface area contributed by atoms with Crippen molar-refractivity contribution < 1.29 is 21.1 Å². The standard InChI is InChI=1S/C2N2Se.Mo/c3-1-5-2-4;. The zero-order chi connectivity index (χ0) is 4.12. The summed E-state index contributed by atoms with van der Waals surface area (Å²) in [5.74, 6) is 0. The van der Waals surface area contributed by atoms with Gasteiger partial charge in [-0.05, 0) is 0 Å². The summed E-state index contributed by atoms with van der Waals surface area (Å²) in [6.07, 6.45) is 0. The Kier molecular flexibility index (Phi) is 14.2. The molecule has 0 saturated heterocycles. The molecule has 0 rings (SSSR count). The van der Waals surface area contributed by atoms with Gasteiger partial charge in [0.2, 0.25) is 0 Å². The second kappa shape index (κ2) is 8.95. The van der Waals surface area contributed by atoms with Crippen LogP contribution >= 0.6 is 0 Å². The third-order valence-electron chi connectivity index (χ3n) is 0.0913. The predicted molar refractivity (Wildman–Crippen MR) is 17.0 cm³/mol. The van der Waals surface area contributed by atoms with Gasteiger partial charge in [-0.2, -0.15) is 0 Å². The van der Waals surface area contributed by atoms with Crippen LogP contribution in [-0.4, -0.2) is 15.0 Å². The van der Waals surface area contributed by atoms with E-state index in [4.69, 9.17) is 10.5 Å². The zero-order valence-corrected chi connectivity index (χ0v) is 6.43. The summed E-state index contributed by atoms with van der Waals surface area (Å²) in [7, 11) is 0. The molecule has 0 aromatic carbocycles. The van der Waals surface area contributed by atoms with Crippen LogP contribution in [0.1, 0.15) is 0 Å². The molecular weight excluding hydrogens is 227 g/mol. The first kappa shape index (κ1) is 9.50. The Bertz CT molecular complexity index is 76.7. The fourth-order valence-corrected chi connectivity index (χ4v) is 0.106. The summed E-state index contributed by atoms with van der Waals surface area (Å²) < 4.78 is 0. The van der Waals surface area contributed by atoms with E-state index in [2.05, 4.69) is 0 Å². The van der Waals surface area contributed by atoms with Gasteiger partial charge in [-0.1, -0.05) is 0 Å². The Balaban J connectivity index is 0. The summed E-state index contributed by atoms with van der Waals surface area (Å²) in [6, 6.07) is 0. The first-order chi connectivity index (χ1) is 2.41. The number of hydrogen-bond acceptors (Lipinski definition) is 2. The Morgan fingerprint density at radius 2 is 1.50 bits per heavy atom. The van der Waals surface area contributed by atoms with Crippen molar-refractivity contribution in [2.45, 2.75) is 0 Å². The Hall–Kier alpha value is 0.188. The van der Waals surface area contributed by atoms with E-state index in [9.17, 15) is 0 Å². The first-order valence-electron chi connectivity index (χ1n) is 0.855. The Morgan fingerprint density at radius 1 is 1.17 bits per heavy atom. The molecule has 0 spiro atoms. The number of rotatable bonds is 0. The molecule has 0 unspecified atom stereocenters. The average molecular weight is 227 g/mol. The summed E-state index contributed by atoms with van der Waals surface area (Å²) in [6.45, 7) is 0. The van der Waals surface area contributed by atoms with Crippen molar-refractivity contribution in [2.75, 3.05) is 0 Å². The normalized spacial score (nSPS) is 3.67. The van der Waals surface area contributed by atoms with Gasteiger partial charge in [0.25, 0.3) is 0 Å². The van der Waals surface area contributed by atoms with Gasteiger partial charge in [-0.3, -0.25) is 0 Å². The van der Waals surface area contributed by atoms with Crippen molar-refractivity contribution >= 4 is 15.0 Å². The molecule has 0 saturated carbocycles. The summed E-state index contributed by atoms with van der Waals surface area (Å²) in [5.41, 5.74) is 0. The van der Waals surface area contributed by atoms with Crippen molar-refractivity contribution in [2.24, 2.45) is 0 Å². The maximum atomic E-state index is 7.62.